The molecular weight excluding hydrogens is 262 g/mol. The zero-order valence-corrected chi connectivity index (χ0v) is 11.9. The van der Waals surface area contributed by atoms with Crippen molar-refractivity contribution in [2.75, 3.05) is 4.72 Å². The summed E-state index contributed by atoms with van der Waals surface area (Å²) in [6.07, 6.45) is 4.44. The monoisotopic (exact) mass is 281 g/mol. The number of carbonyl (C=O) groups is 1. The second-order valence-electron chi connectivity index (χ2n) is 5.01. The second kappa shape index (κ2) is 5.74. The number of nitrogens with one attached hydrogen (secondary N) is 1. The van der Waals surface area contributed by atoms with E-state index in [-0.39, 0.29) is 11.0 Å². The number of ketones is 1. The van der Waals surface area contributed by atoms with E-state index in [2.05, 4.69) is 4.72 Å². The van der Waals surface area contributed by atoms with E-state index in [0.29, 0.717) is 24.1 Å². The van der Waals surface area contributed by atoms with Gasteiger partial charge in [0.2, 0.25) is 10.0 Å². The van der Waals surface area contributed by atoms with E-state index in [1.165, 1.54) is 6.92 Å². The van der Waals surface area contributed by atoms with Crippen LogP contribution in [-0.4, -0.2) is 19.5 Å². The third kappa shape index (κ3) is 3.35. The summed E-state index contributed by atoms with van der Waals surface area (Å²) in [5.41, 5.74) is 0.808. The number of hydrogen-bond acceptors (Lipinski definition) is 3. The minimum atomic E-state index is -3.39. The molecule has 0 amide bonds. The molecule has 2 rings (SSSR count). The Balaban J connectivity index is 2.22. The zero-order chi connectivity index (χ0) is 13.9. The molecule has 104 valence electrons. The smallest absolute Gasteiger partial charge is 0.235 e. The van der Waals surface area contributed by atoms with Gasteiger partial charge in [0.15, 0.2) is 5.78 Å². The van der Waals surface area contributed by atoms with E-state index in [0.717, 1.165) is 19.3 Å². The van der Waals surface area contributed by atoms with Gasteiger partial charge in [-0.15, -0.1) is 0 Å². The van der Waals surface area contributed by atoms with Gasteiger partial charge in [0.1, 0.15) is 0 Å². The molecule has 19 heavy (non-hydrogen) atoms. The topological polar surface area (TPSA) is 63.2 Å². The lowest BCUT2D eigenvalue weighted by molar-refractivity contribution is 0.101. The summed E-state index contributed by atoms with van der Waals surface area (Å²) in [7, 11) is -3.39. The van der Waals surface area contributed by atoms with Crippen molar-refractivity contribution in [1.82, 2.24) is 0 Å². The van der Waals surface area contributed by atoms with Crippen LogP contribution in [0.4, 0.5) is 5.69 Å². The van der Waals surface area contributed by atoms with Gasteiger partial charge in [-0.1, -0.05) is 31.4 Å². The van der Waals surface area contributed by atoms with E-state index in [1.807, 2.05) is 0 Å². The van der Waals surface area contributed by atoms with Crippen molar-refractivity contribution in [3.8, 4) is 0 Å². The zero-order valence-electron chi connectivity index (χ0n) is 11.1. The van der Waals surface area contributed by atoms with Gasteiger partial charge in [0.05, 0.1) is 10.9 Å². The largest absolute Gasteiger partial charge is 0.294 e. The number of rotatable bonds is 4. The minimum absolute atomic E-state index is 0.137. The molecule has 0 saturated heterocycles. The van der Waals surface area contributed by atoms with Crippen LogP contribution in [0, 0.1) is 0 Å². The molecule has 0 atom stereocenters. The lowest BCUT2D eigenvalue weighted by Gasteiger charge is -2.23. The summed E-state index contributed by atoms with van der Waals surface area (Å²) in [5.74, 6) is -0.137. The fourth-order valence-corrected chi connectivity index (χ4v) is 4.10. The highest BCUT2D eigenvalue weighted by atomic mass is 32.2. The molecule has 0 heterocycles. The summed E-state index contributed by atoms with van der Waals surface area (Å²) < 4.78 is 27.2. The number of anilines is 1. The van der Waals surface area contributed by atoms with Gasteiger partial charge >= 0.3 is 0 Å². The average Bonchev–Trinajstić information content (AvgIpc) is 2.39. The van der Waals surface area contributed by atoms with Crippen LogP contribution in [0.1, 0.15) is 49.4 Å². The van der Waals surface area contributed by atoms with E-state index in [9.17, 15) is 13.2 Å². The van der Waals surface area contributed by atoms with Gasteiger partial charge < -0.3 is 0 Å². The third-order valence-corrected chi connectivity index (χ3v) is 5.40. The maximum Gasteiger partial charge on any atom is 0.235 e. The number of Topliss-reactive ketones (excluding diaryl/α,β-unsaturated/α-hetero) is 1. The molecule has 0 unspecified atom stereocenters. The Labute approximate surface area is 114 Å². The lowest BCUT2D eigenvalue weighted by atomic mass is 10.0. The van der Waals surface area contributed by atoms with E-state index < -0.39 is 10.0 Å². The van der Waals surface area contributed by atoms with Crippen molar-refractivity contribution in [2.24, 2.45) is 0 Å². The molecule has 1 aromatic carbocycles. The van der Waals surface area contributed by atoms with Crippen molar-refractivity contribution in [1.29, 1.82) is 0 Å². The highest BCUT2D eigenvalue weighted by Gasteiger charge is 2.27. The van der Waals surface area contributed by atoms with E-state index >= 15 is 0 Å². The summed E-state index contributed by atoms with van der Waals surface area (Å²) >= 11 is 0. The molecule has 0 spiro atoms. The first-order chi connectivity index (χ1) is 9.00. The fourth-order valence-electron chi connectivity index (χ4n) is 2.49. The molecule has 1 N–H and O–H groups in total. The molecule has 1 aromatic rings. The van der Waals surface area contributed by atoms with Crippen molar-refractivity contribution in [2.45, 2.75) is 44.3 Å². The first-order valence-corrected chi connectivity index (χ1v) is 8.17. The van der Waals surface area contributed by atoms with Crippen molar-refractivity contribution >= 4 is 21.5 Å². The normalized spacial score (nSPS) is 17.1. The Hall–Kier alpha value is -1.36. The molecule has 4 nitrogen and oxygen atoms in total. The molecule has 0 bridgehead atoms. The van der Waals surface area contributed by atoms with Crippen LogP contribution >= 0.6 is 0 Å². The summed E-state index contributed by atoms with van der Waals surface area (Å²) in [5, 5.41) is -0.332. The number of hydrogen-bond donors (Lipinski definition) is 1. The standard InChI is InChI=1S/C14H19NO3S/c1-11(16)13-9-5-6-10-14(13)15-19(17,18)12-7-3-2-4-8-12/h5-6,9-10,12,15H,2-4,7-8H2,1H3. The van der Waals surface area contributed by atoms with Crippen LogP contribution in [0.25, 0.3) is 0 Å². The van der Waals surface area contributed by atoms with Gasteiger partial charge in [0, 0.05) is 5.56 Å². The van der Waals surface area contributed by atoms with Gasteiger partial charge in [-0.05, 0) is 31.9 Å². The van der Waals surface area contributed by atoms with Gasteiger partial charge in [0.25, 0.3) is 0 Å². The average molecular weight is 281 g/mol. The van der Waals surface area contributed by atoms with Crippen molar-refractivity contribution < 1.29 is 13.2 Å². The lowest BCUT2D eigenvalue weighted by Crippen LogP contribution is -2.30. The van der Waals surface area contributed by atoms with Crippen molar-refractivity contribution in [3.63, 3.8) is 0 Å². The molecule has 1 saturated carbocycles. The molecule has 5 heteroatoms. The van der Waals surface area contributed by atoms with Crippen LogP contribution in [0.15, 0.2) is 24.3 Å². The number of benzene rings is 1. The minimum Gasteiger partial charge on any atom is -0.294 e. The highest BCUT2D eigenvalue weighted by molar-refractivity contribution is 7.93. The first kappa shape index (κ1) is 14.1. The molecule has 0 aliphatic heterocycles. The maximum atomic E-state index is 12.3. The van der Waals surface area contributed by atoms with Crippen LogP contribution in [0.3, 0.4) is 0 Å². The van der Waals surface area contributed by atoms with Crippen LogP contribution < -0.4 is 4.72 Å². The van der Waals surface area contributed by atoms with E-state index in [1.54, 1.807) is 24.3 Å². The Morgan fingerprint density at radius 2 is 1.79 bits per heavy atom. The van der Waals surface area contributed by atoms with Crippen molar-refractivity contribution in [3.05, 3.63) is 29.8 Å². The van der Waals surface area contributed by atoms with Gasteiger partial charge in [-0.25, -0.2) is 8.42 Å². The second-order valence-corrected chi connectivity index (χ2v) is 6.97. The Morgan fingerprint density at radius 1 is 1.16 bits per heavy atom. The Morgan fingerprint density at radius 3 is 2.42 bits per heavy atom. The molecule has 1 aliphatic rings. The number of para-hydroxylation sites is 1. The van der Waals surface area contributed by atoms with Gasteiger partial charge in [-0.2, -0.15) is 0 Å². The number of sulfonamides is 1. The highest BCUT2D eigenvalue weighted by Crippen LogP contribution is 2.26. The van der Waals surface area contributed by atoms with Crippen LogP contribution in [-0.2, 0) is 10.0 Å². The summed E-state index contributed by atoms with van der Waals surface area (Å²) in [6.45, 7) is 1.44. The van der Waals surface area contributed by atoms with Crippen LogP contribution in [0.2, 0.25) is 0 Å². The first-order valence-electron chi connectivity index (χ1n) is 6.62. The number of carbonyl (C=O) groups excluding carboxylic acids is 1. The SMILES string of the molecule is CC(=O)c1ccccc1NS(=O)(=O)C1CCCCC1. The van der Waals surface area contributed by atoms with Gasteiger partial charge in [-0.3, -0.25) is 9.52 Å². The molecule has 1 aliphatic carbocycles. The summed E-state index contributed by atoms with van der Waals surface area (Å²) in [6, 6.07) is 6.73. The Bertz CT molecular complexity index is 560. The van der Waals surface area contributed by atoms with E-state index in [4.69, 9.17) is 0 Å². The summed E-state index contributed by atoms with van der Waals surface area (Å²) in [4.78, 5) is 11.5. The third-order valence-electron chi connectivity index (χ3n) is 3.55. The molecule has 0 radical (unpaired) electrons. The predicted molar refractivity (Wildman–Crippen MR) is 75.9 cm³/mol. The quantitative estimate of drug-likeness (QED) is 0.863. The Kier molecular flexibility index (Phi) is 4.24. The molecule has 0 aromatic heterocycles. The maximum absolute atomic E-state index is 12.3. The fraction of sp³-hybridized carbons (Fsp3) is 0.500. The molecular formula is C14H19NO3S. The van der Waals surface area contributed by atoms with Crippen LogP contribution in [0.5, 0.6) is 0 Å². The predicted octanol–water partition coefficient (Wildman–Crippen LogP) is 2.96. The molecule has 1 fully saturated rings.